The third kappa shape index (κ3) is 3.82. The molecular formula is C16H17BrN2O2. The van der Waals surface area contributed by atoms with E-state index < -0.39 is 0 Å². The Balaban J connectivity index is 2.14. The third-order valence-electron chi connectivity index (χ3n) is 3.38. The van der Waals surface area contributed by atoms with Crippen LogP contribution in [0.2, 0.25) is 0 Å². The van der Waals surface area contributed by atoms with Crippen LogP contribution >= 0.6 is 15.9 Å². The van der Waals surface area contributed by atoms with Crippen LogP contribution in [0.3, 0.4) is 0 Å². The summed E-state index contributed by atoms with van der Waals surface area (Å²) in [7, 11) is 0. The van der Waals surface area contributed by atoms with Crippen LogP contribution in [-0.4, -0.2) is 4.92 Å². The molecule has 0 atom stereocenters. The van der Waals surface area contributed by atoms with Crippen molar-refractivity contribution in [1.29, 1.82) is 0 Å². The molecule has 0 heterocycles. The molecule has 0 aromatic heterocycles. The van der Waals surface area contributed by atoms with Crippen molar-refractivity contribution in [2.45, 2.75) is 26.8 Å². The van der Waals surface area contributed by atoms with Gasteiger partial charge in [-0.25, -0.2) is 0 Å². The monoisotopic (exact) mass is 348 g/mol. The maximum absolute atomic E-state index is 11.1. The van der Waals surface area contributed by atoms with Crippen molar-refractivity contribution >= 4 is 27.3 Å². The van der Waals surface area contributed by atoms with E-state index >= 15 is 0 Å². The molecule has 4 nitrogen and oxygen atoms in total. The highest BCUT2D eigenvalue weighted by Crippen LogP contribution is 2.24. The Morgan fingerprint density at radius 1 is 1.24 bits per heavy atom. The van der Waals surface area contributed by atoms with Crippen molar-refractivity contribution in [1.82, 2.24) is 0 Å². The zero-order valence-corrected chi connectivity index (χ0v) is 13.6. The minimum Gasteiger partial charge on any atom is -0.381 e. The number of benzene rings is 2. The van der Waals surface area contributed by atoms with Crippen LogP contribution in [0, 0.1) is 17.0 Å². The molecule has 0 fully saturated rings. The maximum atomic E-state index is 11.1. The molecule has 0 aliphatic rings. The van der Waals surface area contributed by atoms with Gasteiger partial charge in [-0.1, -0.05) is 41.1 Å². The van der Waals surface area contributed by atoms with E-state index in [0.717, 1.165) is 21.3 Å². The topological polar surface area (TPSA) is 55.2 Å². The number of nitro benzene ring substituents is 1. The largest absolute Gasteiger partial charge is 0.381 e. The van der Waals surface area contributed by atoms with Gasteiger partial charge in [0, 0.05) is 28.3 Å². The van der Waals surface area contributed by atoms with E-state index in [2.05, 4.69) is 27.3 Å². The van der Waals surface area contributed by atoms with Crippen molar-refractivity contribution in [2.24, 2.45) is 0 Å². The van der Waals surface area contributed by atoms with Crippen molar-refractivity contribution in [3.05, 3.63) is 67.7 Å². The van der Waals surface area contributed by atoms with Gasteiger partial charge in [0.15, 0.2) is 0 Å². The highest BCUT2D eigenvalue weighted by molar-refractivity contribution is 9.10. The van der Waals surface area contributed by atoms with Gasteiger partial charge in [0.2, 0.25) is 0 Å². The summed E-state index contributed by atoms with van der Waals surface area (Å²) >= 11 is 3.47. The number of anilines is 1. The van der Waals surface area contributed by atoms with Crippen molar-refractivity contribution in [3.63, 3.8) is 0 Å². The number of rotatable bonds is 5. The predicted octanol–water partition coefficient (Wildman–Crippen LogP) is 4.84. The van der Waals surface area contributed by atoms with E-state index in [1.54, 1.807) is 6.07 Å². The van der Waals surface area contributed by atoms with E-state index in [0.29, 0.717) is 13.0 Å². The summed E-state index contributed by atoms with van der Waals surface area (Å²) in [5.41, 5.74) is 4.00. The summed E-state index contributed by atoms with van der Waals surface area (Å²) in [6.07, 6.45) is 0.655. The van der Waals surface area contributed by atoms with Gasteiger partial charge < -0.3 is 5.32 Å². The molecule has 0 saturated carbocycles. The molecule has 0 radical (unpaired) electrons. The van der Waals surface area contributed by atoms with Gasteiger partial charge in [-0.05, 0) is 36.6 Å². The van der Waals surface area contributed by atoms with Crippen LogP contribution in [0.15, 0.2) is 40.9 Å². The zero-order chi connectivity index (χ0) is 15.4. The number of hydrogen-bond donors (Lipinski definition) is 1. The van der Waals surface area contributed by atoms with Crippen molar-refractivity contribution in [3.8, 4) is 0 Å². The Morgan fingerprint density at radius 2 is 2.00 bits per heavy atom. The maximum Gasteiger partial charge on any atom is 0.274 e. The molecule has 2 aromatic rings. The fourth-order valence-electron chi connectivity index (χ4n) is 2.16. The van der Waals surface area contributed by atoms with Crippen LogP contribution in [0.1, 0.15) is 23.6 Å². The quantitative estimate of drug-likeness (QED) is 0.621. The van der Waals surface area contributed by atoms with Crippen LogP contribution in [0.4, 0.5) is 11.4 Å². The highest BCUT2D eigenvalue weighted by Gasteiger charge is 2.12. The first-order valence-corrected chi connectivity index (χ1v) is 7.56. The normalized spacial score (nSPS) is 10.4. The van der Waals surface area contributed by atoms with Gasteiger partial charge in [-0.2, -0.15) is 0 Å². The van der Waals surface area contributed by atoms with Gasteiger partial charge in [-0.3, -0.25) is 10.1 Å². The summed E-state index contributed by atoms with van der Waals surface area (Å²) in [6.45, 7) is 4.59. The molecule has 0 saturated heterocycles. The Kier molecular flexibility index (Phi) is 4.96. The third-order valence-corrected chi connectivity index (χ3v) is 4.27. The van der Waals surface area contributed by atoms with Crippen molar-refractivity contribution < 1.29 is 4.92 Å². The molecular weight excluding hydrogens is 332 g/mol. The molecule has 2 rings (SSSR count). The minimum atomic E-state index is -0.326. The molecule has 0 aliphatic heterocycles. The minimum absolute atomic E-state index is 0.175. The molecule has 110 valence electrons. The second kappa shape index (κ2) is 6.72. The summed E-state index contributed by atoms with van der Waals surface area (Å²) in [5, 5.41) is 14.3. The summed E-state index contributed by atoms with van der Waals surface area (Å²) < 4.78 is 1.08. The summed E-state index contributed by atoms with van der Waals surface area (Å²) in [4.78, 5) is 10.7. The molecule has 0 amide bonds. The number of nitro groups is 1. The lowest BCUT2D eigenvalue weighted by Gasteiger charge is -2.09. The molecule has 1 N–H and O–H groups in total. The Bertz CT molecular complexity index is 671. The summed E-state index contributed by atoms with van der Waals surface area (Å²) in [5.74, 6) is 0. The molecule has 0 spiro atoms. The lowest BCUT2D eigenvalue weighted by molar-refractivity contribution is -0.385. The fourth-order valence-corrected chi connectivity index (χ4v) is 2.41. The molecule has 5 heteroatoms. The second-order valence-corrected chi connectivity index (χ2v) is 5.75. The Labute approximate surface area is 132 Å². The smallest absolute Gasteiger partial charge is 0.274 e. The fraction of sp³-hybridized carbons (Fsp3) is 0.250. The van der Waals surface area contributed by atoms with Gasteiger partial charge >= 0.3 is 0 Å². The van der Waals surface area contributed by atoms with Gasteiger partial charge in [-0.15, -0.1) is 0 Å². The second-order valence-electron chi connectivity index (χ2n) is 4.89. The lowest BCUT2D eigenvalue weighted by Crippen LogP contribution is -2.02. The van der Waals surface area contributed by atoms with E-state index in [9.17, 15) is 10.1 Å². The van der Waals surface area contributed by atoms with E-state index in [1.165, 1.54) is 5.56 Å². The SMILES string of the molecule is CCc1ccc(NCc2ccc(Br)c(C)c2)cc1[N+](=O)[O-]. The van der Waals surface area contributed by atoms with Crippen LogP contribution in [0.5, 0.6) is 0 Å². The molecule has 0 unspecified atom stereocenters. The first-order valence-electron chi connectivity index (χ1n) is 6.77. The van der Waals surface area contributed by atoms with Crippen LogP contribution in [-0.2, 0) is 13.0 Å². The number of nitrogens with zero attached hydrogens (tertiary/aromatic N) is 1. The Morgan fingerprint density at radius 3 is 2.62 bits per heavy atom. The van der Waals surface area contributed by atoms with Gasteiger partial charge in [0.1, 0.15) is 0 Å². The molecule has 2 aromatic carbocycles. The first-order chi connectivity index (χ1) is 10.0. The Hall–Kier alpha value is -1.88. The van der Waals surface area contributed by atoms with Gasteiger partial charge in [0.25, 0.3) is 5.69 Å². The van der Waals surface area contributed by atoms with Crippen LogP contribution in [0.25, 0.3) is 0 Å². The van der Waals surface area contributed by atoms with Crippen molar-refractivity contribution in [2.75, 3.05) is 5.32 Å². The molecule has 21 heavy (non-hydrogen) atoms. The average Bonchev–Trinajstić information content (AvgIpc) is 2.48. The van der Waals surface area contributed by atoms with E-state index in [-0.39, 0.29) is 10.6 Å². The number of hydrogen-bond acceptors (Lipinski definition) is 3. The highest BCUT2D eigenvalue weighted by atomic mass is 79.9. The molecule has 0 aliphatic carbocycles. The molecule has 0 bridgehead atoms. The summed E-state index contributed by atoms with van der Waals surface area (Å²) in [6, 6.07) is 11.4. The first kappa shape index (κ1) is 15.5. The predicted molar refractivity (Wildman–Crippen MR) is 88.7 cm³/mol. The van der Waals surface area contributed by atoms with Gasteiger partial charge in [0.05, 0.1) is 4.92 Å². The zero-order valence-electron chi connectivity index (χ0n) is 12.0. The lowest BCUT2D eigenvalue weighted by atomic mass is 10.1. The van der Waals surface area contributed by atoms with E-state index in [1.807, 2.05) is 38.1 Å². The van der Waals surface area contributed by atoms with Crippen LogP contribution < -0.4 is 5.32 Å². The van der Waals surface area contributed by atoms with E-state index in [4.69, 9.17) is 0 Å². The standard InChI is InChI=1S/C16H17BrN2O2/c1-3-13-5-6-14(9-16(13)19(20)21)18-10-12-4-7-15(17)11(2)8-12/h4-9,18H,3,10H2,1-2H3. The number of aryl methyl sites for hydroxylation is 2. The average molecular weight is 349 g/mol. The number of nitrogens with one attached hydrogen (secondary N) is 1. The number of halogens is 1.